The molecule has 1 aliphatic heterocycles. The van der Waals surface area contributed by atoms with Gasteiger partial charge < -0.3 is 25.2 Å². The lowest BCUT2D eigenvalue weighted by molar-refractivity contribution is 0.209. The summed E-state index contributed by atoms with van der Waals surface area (Å²) >= 11 is 0. The van der Waals surface area contributed by atoms with Crippen molar-refractivity contribution in [1.29, 1.82) is 0 Å². The van der Waals surface area contributed by atoms with Crippen molar-refractivity contribution < 1.29 is 4.74 Å². The summed E-state index contributed by atoms with van der Waals surface area (Å²) in [6.07, 6.45) is 5.72. The molecule has 0 spiro atoms. The van der Waals surface area contributed by atoms with Crippen molar-refractivity contribution in [2.45, 2.75) is 58.5 Å². The molecule has 0 unspecified atom stereocenters. The number of aromatic nitrogens is 2. The van der Waals surface area contributed by atoms with Crippen molar-refractivity contribution in [3.8, 4) is 5.75 Å². The van der Waals surface area contributed by atoms with Crippen LogP contribution in [-0.2, 0) is 6.54 Å². The molecular weight excluding hydrogens is 498 g/mol. The highest BCUT2D eigenvalue weighted by Crippen LogP contribution is 2.31. The maximum atomic E-state index is 5.71. The minimum Gasteiger partial charge on any atom is -0.496 e. The van der Waals surface area contributed by atoms with Gasteiger partial charge in [0.15, 0.2) is 0 Å². The molecule has 8 heteroatoms. The van der Waals surface area contributed by atoms with E-state index in [-0.39, 0.29) is 0 Å². The minimum absolute atomic E-state index is 0.383. The van der Waals surface area contributed by atoms with Gasteiger partial charge in [0.2, 0.25) is 5.95 Å². The first-order chi connectivity index (χ1) is 19.5. The second-order valence-corrected chi connectivity index (χ2v) is 11.0. The molecule has 0 aliphatic carbocycles. The molecule has 8 nitrogen and oxygen atoms in total. The van der Waals surface area contributed by atoms with Gasteiger partial charge in [-0.3, -0.25) is 4.90 Å². The van der Waals surface area contributed by atoms with Gasteiger partial charge >= 0.3 is 0 Å². The normalized spacial score (nSPS) is 14.6. The topological polar surface area (TPSA) is 68.8 Å². The maximum absolute atomic E-state index is 5.71. The zero-order valence-electron chi connectivity index (χ0n) is 25.2. The highest BCUT2D eigenvalue weighted by molar-refractivity contribution is 5.90. The number of methoxy groups -OCH3 is 1. The van der Waals surface area contributed by atoms with Crippen LogP contribution in [0.1, 0.15) is 51.5 Å². The summed E-state index contributed by atoms with van der Waals surface area (Å²) in [4.78, 5) is 16.9. The molecular formula is C32H49N7O. The van der Waals surface area contributed by atoms with E-state index < -0.39 is 0 Å². The molecule has 1 saturated heterocycles. The number of para-hydroxylation sites is 1. The number of nitrogens with one attached hydrogen (secondary N) is 2. The van der Waals surface area contributed by atoms with Gasteiger partial charge in [0.1, 0.15) is 11.6 Å². The fourth-order valence-electron chi connectivity index (χ4n) is 5.62. The Morgan fingerprint density at radius 1 is 0.950 bits per heavy atom. The van der Waals surface area contributed by atoms with Crippen molar-refractivity contribution in [3.63, 3.8) is 0 Å². The van der Waals surface area contributed by atoms with E-state index >= 15 is 0 Å². The standard InChI is InChI=1S/C32H49N7O/c1-6-38(7-2)21-12-8-11-20-33-32-35-28-15-10-9-14-26(28)31(36-32)34-25-18-22-39(23-19-25)24-27-29(37(3)4)16-13-17-30(27)40-5/h9-10,13-17,25H,6-8,11-12,18-24H2,1-5H3,(H2,33,34,35,36). The summed E-state index contributed by atoms with van der Waals surface area (Å²) in [6, 6.07) is 15.0. The molecule has 2 aromatic carbocycles. The molecule has 2 heterocycles. The van der Waals surface area contributed by atoms with Crippen LogP contribution in [0.25, 0.3) is 10.9 Å². The van der Waals surface area contributed by atoms with Gasteiger partial charge in [-0.1, -0.05) is 38.5 Å². The van der Waals surface area contributed by atoms with Gasteiger partial charge in [0, 0.05) is 63.0 Å². The second kappa shape index (κ2) is 15.1. The average Bonchev–Trinajstić information content (AvgIpc) is 2.98. The van der Waals surface area contributed by atoms with Crippen LogP contribution >= 0.6 is 0 Å². The zero-order chi connectivity index (χ0) is 28.3. The summed E-state index contributed by atoms with van der Waals surface area (Å²) in [5, 5.41) is 8.35. The molecule has 40 heavy (non-hydrogen) atoms. The maximum Gasteiger partial charge on any atom is 0.225 e. The number of nitrogens with zero attached hydrogens (tertiary/aromatic N) is 5. The number of anilines is 3. The minimum atomic E-state index is 0.383. The Balaban J connectivity index is 1.33. The van der Waals surface area contributed by atoms with Crippen LogP contribution in [0, 0.1) is 0 Å². The van der Waals surface area contributed by atoms with E-state index in [2.05, 4.69) is 95.7 Å². The molecule has 4 rings (SSSR count). The van der Waals surface area contributed by atoms with Gasteiger partial charge in [-0.05, 0) is 69.6 Å². The second-order valence-electron chi connectivity index (χ2n) is 11.0. The number of ether oxygens (including phenoxy) is 1. The van der Waals surface area contributed by atoms with Gasteiger partial charge in [-0.25, -0.2) is 4.98 Å². The van der Waals surface area contributed by atoms with Gasteiger partial charge in [0.25, 0.3) is 0 Å². The van der Waals surface area contributed by atoms with Crippen molar-refractivity contribution in [2.24, 2.45) is 0 Å². The first-order valence-corrected chi connectivity index (χ1v) is 15.1. The average molecular weight is 548 g/mol. The molecule has 218 valence electrons. The SMILES string of the molecule is CCN(CC)CCCCCNc1nc(NC2CCN(Cc3c(OC)cccc3N(C)C)CC2)c2ccccc2n1. The van der Waals surface area contributed by atoms with E-state index in [0.29, 0.717) is 6.04 Å². The van der Waals surface area contributed by atoms with Crippen LogP contribution in [0.2, 0.25) is 0 Å². The molecule has 3 aromatic rings. The number of fused-ring (bicyclic) bond motifs is 1. The van der Waals surface area contributed by atoms with E-state index in [1.807, 2.05) is 0 Å². The third-order valence-electron chi connectivity index (χ3n) is 8.05. The lowest BCUT2D eigenvalue weighted by Gasteiger charge is -2.34. The molecule has 0 amide bonds. The summed E-state index contributed by atoms with van der Waals surface area (Å²) in [5.74, 6) is 2.62. The van der Waals surface area contributed by atoms with Crippen molar-refractivity contribution in [1.82, 2.24) is 19.8 Å². The Morgan fingerprint density at radius 2 is 1.73 bits per heavy atom. The van der Waals surface area contributed by atoms with Crippen LogP contribution < -0.4 is 20.3 Å². The Labute approximate surface area is 241 Å². The fourth-order valence-corrected chi connectivity index (χ4v) is 5.62. The number of benzene rings is 2. The number of rotatable bonds is 15. The summed E-state index contributed by atoms with van der Waals surface area (Å²) < 4.78 is 5.71. The number of hydrogen-bond acceptors (Lipinski definition) is 8. The molecule has 1 aliphatic rings. The van der Waals surface area contributed by atoms with Gasteiger partial charge in [0.05, 0.1) is 12.6 Å². The van der Waals surface area contributed by atoms with E-state index in [9.17, 15) is 0 Å². The number of hydrogen-bond donors (Lipinski definition) is 2. The van der Waals surface area contributed by atoms with E-state index in [0.717, 1.165) is 86.9 Å². The van der Waals surface area contributed by atoms with Crippen LogP contribution in [0.4, 0.5) is 17.5 Å². The third kappa shape index (κ3) is 7.98. The molecule has 0 radical (unpaired) electrons. The molecule has 0 bridgehead atoms. The van der Waals surface area contributed by atoms with Crippen molar-refractivity contribution >= 4 is 28.4 Å². The smallest absolute Gasteiger partial charge is 0.225 e. The zero-order valence-corrected chi connectivity index (χ0v) is 25.2. The van der Waals surface area contributed by atoms with Gasteiger partial charge in [-0.15, -0.1) is 0 Å². The predicted octanol–water partition coefficient (Wildman–Crippen LogP) is 5.70. The number of likely N-dealkylation sites (tertiary alicyclic amines) is 1. The Kier molecular flexibility index (Phi) is 11.2. The Bertz CT molecular complexity index is 1190. The van der Waals surface area contributed by atoms with E-state index in [1.165, 1.54) is 30.6 Å². The predicted molar refractivity (Wildman–Crippen MR) is 169 cm³/mol. The van der Waals surface area contributed by atoms with Crippen molar-refractivity contribution in [3.05, 3.63) is 48.0 Å². The Hall–Kier alpha value is -3.10. The molecule has 0 atom stereocenters. The van der Waals surface area contributed by atoms with Crippen molar-refractivity contribution in [2.75, 3.05) is 76.0 Å². The first kappa shape index (κ1) is 29.9. The highest BCUT2D eigenvalue weighted by Gasteiger charge is 2.23. The largest absolute Gasteiger partial charge is 0.496 e. The molecule has 2 N–H and O–H groups in total. The molecule has 1 fully saturated rings. The van der Waals surface area contributed by atoms with E-state index in [4.69, 9.17) is 14.7 Å². The van der Waals surface area contributed by atoms with Crippen LogP contribution in [0.5, 0.6) is 5.75 Å². The van der Waals surface area contributed by atoms with Gasteiger partial charge in [-0.2, -0.15) is 4.98 Å². The molecule has 1 aromatic heterocycles. The first-order valence-electron chi connectivity index (χ1n) is 15.1. The number of unbranched alkanes of at least 4 members (excludes halogenated alkanes) is 2. The highest BCUT2D eigenvalue weighted by atomic mass is 16.5. The number of piperidine rings is 1. The summed E-state index contributed by atoms with van der Waals surface area (Å²) in [5.41, 5.74) is 3.46. The lowest BCUT2D eigenvalue weighted by atomic mass is 10.0. The third-order valence-corrected chi connectivity index (χ3v) is 8.05. The molecule has 0 saturated carbocycles. The monoisotopic (exact) mass is 547 g/mol. The van der Waals surface area contributed by atoms with E-state index in [1.54, 1.807) is 7.11 Å². The van der Waals surface area contributed by atoms with Crippen LogP contribution in [0.15, 0.2) is 42.5 Å². The van der Waals surface area contributed by atoms with Crippen LogP contribution in [0.3, 0.4) is 0 Å². The Morgan fingerprint density at radius 3 is 2.45 bits per heavy atom. The quantitative estimate of drug-likeness (QED) is 0.235. The van der Waals surface area contributed by atoms with Crippen LogP contribution in [-0.4, -0.2) is 86.3 Å². The summed E-state index contributed by atoms with van der Waals surface area (Å²) in [6.45, 7) is 11.8. The fraction of sp³-hybridized carbons (Fsp3) is 0.562. The summed E-state index contributed by atoms with van der Waals surface area (Å²) in [7, 11) is 5.95. The lowest BCUT2D eigenvalue weighted by Crippen LogP contribution is -2.39.